The lowest BCUT2D eigenvalue weighted by molar-refractivity contribution is 0.0665. The Labute approximate surface area is 129 Å². The molecule has 1 aromatic heterocycles. The number of hydrogen-bond donors (Lipinski definition) is 0. The average molecular weight is 306 g/mol. The van der Waals surface area contributed by atoms with Crippen molar-refractivity contribution in [2.45, 2.75) is 45.1 Å². The largest absolute Gasteiger partial charge is 0.449 e. The molecule has 3 nitrogen and oxygen atoms in total. The first-order chi connectivity index (χ1) is 10.1. The number of para-hydroxylation sites is 1. The highest BCUT2D eigenvalue weighted by molar-refractivity contribution is 6.35. The maximum Gasteiger partial charge on any atom is 0.289 e. The molecule has 0 N–H and O–H groups in total. The molecule has 21 heavy (non-hydrogen) atoms. The van der Waals surface area contributed by atoms with Gasteiger partial charge in [0.25, 0.3) is 5.91 Å². The Morgan fingerprint density at radius 2 is 2.00 bits per heavy atom. The fourth-order valence-corrected chi connectivity index (χ4v) is 3.42. The molecule has 1 amide bonds. The molecule has 2 aromatic rings. The second-order valence-electron chi connectivity index (χ2n) is 5.88. The highest BCUT2D eigenvalue weighted by Crippen LogP contribution is 2.32. The van der Waals surface area contributed by atoms with Crippen LogP contribution in [0.1, 0.15) is 48.2 Å². The monoisotopic (exact) mass is 305 g/mol. The van der Waals surface area contributed by atoms with Crippen molar-refractivity contribution in [3.63, 3.8) is 0 Å². The number of benzene rings is 1. The van der Waals surface area contributed by atoms with Gasteiger partial charge in [-0.1, -0.05) is 43.0 Å². The van der Waals surface area contributed by atoms with E-state index in [0.717, 1.165) is 23.8 Å². The number of amides is 1. The highest BCUT2D eigenvalue weighted by atomic mass is 35.5. The van der Waals surface area contributed by atoms with E-state index in [9.17, 15) is 4.79 Å². The van der Waals surface area contributed by atoms with Crippen LogP contribution < -0.4 is 0 Å². The minimum Gasteiger partial charge on any atom is -0.449 e. The summed E-state index contributed by atoms with van der Waals surface area (Å²) in [5.74, 6) is 0.387. The molecule has 1 fully saturated rings. The molecule has 0 unspecified atom stereocenters. The minimum absolute atomic E-state index is 0.0355. The smallest absolute Gasteiger partial charge is 0.289 e. The Balaban J connectivity index is 1.94. The second kappa shape index (κ2) is 5.72. The first-order valence-electron chi connectivity index (χ1n) is 7.54. The summed E-state index contributed by atoms with van der Waals surface area (Å²) in [5, 5.41) is 1.47. The van der Waals surface area contributed by atoms with Gasteiger partial charge in [-0.25, -0.2) is 0 Å². The third kappa shape index (κ3) is 2.55. The standard InChI is InChI=1S/C17H20ClNO2/c1-11-13-9-6-10-14(18)16(13)21-15(11)17(20)19(2)12-7-4-3-5-8-12/h6,9-10,12H,3-5,7-8H2,1-2H3. The number of carbonyl (C=O) groups excluding carboxylic acids is 1. The summed E-state index contributed by atoms with van der Waals surface area (Å²) in [5.41, 5.74) is 1.48. The first kappa shape index (κ1) is 14.5. The number of carbonyl (C=O) groups is 1. The van der Waals surface area contributed by atoms with Crippen LogP contribution in [0.4, 0.5) is 0 Å². The first-order valence-corrected chi connectivity index (χ1v) is 7.92. The van der Waals surface area contributed by atoms with Gasteiger partial charge in [0.2, 0.25) is 0 Å². The molecule has 0 atom stereocenters. The third-order valence-corrected chi connectivity index (χ3v) is 4.85. The Morgan fingerprint density at radius 3 is 2.67 bits per heavy atom. The molecule has 1 aromatic carbocycles. The SMILES string of the molecule is Cc1c(C(=O)N(C)C2CCCCC2)oc2c(Cl)cccc12. The van der Waals surface area contributed by atoms with Crippen LogP contribution in [0.15, 0.2) is 22.6 Å². The molecule has 1 aliphatic rings. The number of nitrogens with zero attached hydrogens (tertiary/aromatic N) is 1. The molecule has 112 valence electrons. The van der Waals surface area contributed by atoms with Crippen LogP contribution in [0.3, 0.4) is 0 Å². The lowest BCUT2D eigenvalue weighted by Crippen LogP contribution is -2.38. The molecule has 4 heteroatoms. The van der Waals surface area contributed by atoms with E-state index in [1.807, 2.05) is 31.0 Å². The lowest BCUT2D eigenvalue weighted by Gasteiger charge is -2.30. The van der Waals surface area contributed by atoms with Gasteiger partial charge in [0.05, 0.1) is 5.02 Å². The van der Waals surface area contributed by atoms with E-state index in [2.05, 4.69) is 0 Å². The van der Waals surface area contributed by atoms with Crippen LogP contribution in [0.5, 0.6) is 0 Å². The van der Waals surface area contributed by atoms with Crippen LogP contribution in [-0.2, 0) is 0 Å². The molecule has 0 saturated heterocycles. The van der Waals surface area contributed by atoms with Crippen LogP contribution in [0.2, 0.25) is 5.02 Å². The fourth-order valence-electron chi connectivity index (χ4n) is 3.21. The Morgan fingerprint density at radius 1 is 1.29 bits per heavy atom. The van der Waals surface area contributed by atoms with Crippen molar-refractivity contribution in [3.8, 4) is 0 Å². The molecule has 1 saturated carbocycles. The molecular weight excluding hydrogens is 286 g/mol. The Kier molecular flexibility index (Phi) is 3.94. The number of hydrogen-bond acceptors (Lipinski definition) is 2. The highest BCUT2D eigenvalue weighted by Gasteiger charge is 2.27. The molecule has 1 heterocycles. The van der Waals surface area contributed by atoms with E-state index < -0.39 is 0 Å². The summed E-state index contributed by atoms with van der Waals surface area (Å²) in [6.07, 6.45) is 5.85. The van der Waals surface area contributed by atoms with E-state index in [-0.39, 0.29) is 5.91 Å². The maximum atomic E-state index is 12.7. The summed E-state index contributed by atoms with van der Waals surface area (Å²) in [6.45, 7) is 1.92. The van der Waals surface area contributed by atoms with Crippen LogP contribution in [0.25, 0.3) is 11.0 Å². The van der Waals surface area contributed by atoms with Crippen molar-refractivity contribution in [1.29, 1.82) is 0 Å². The maximum absolute atomic E-state index is 12.7. The number of aryl methyl sites for hydroxylation is 1. The van der Waals surface area contributed by atoms with Gasteiger partial charge in [0.1, 0.15) is 0 Å². The van der Waals surface area contributed by atoms with Gasteiger partial charge in [-0.15, -0.1) is 0 Å². The number of furan rings is 1. The molecular formula is C17H20ClNO2. The summed E-state index contributed by atoms with van der Waals surface area (Å²) >= 11 is 6.16. The number of fused-ring (bicyclic) bond motifs is 1. The number of halogens is 1. The van der Waals surface area contributed by atoms with Gasteiger partial charge in [-0.05, 0) is 25.8 Å². The van der Waals surface area contributed by atoms with E-state index in [0.29, 0.717) is 22.4 Å². The predicted molar refractivity (Wildman–Crippen MR) is 84.9 cm³/mol. The third-order valence-electron chi connectivity index (χ3n) is 4.55. The quantitative estimate of drug-likeness (QED) is 0.798. The Hall–Kier alpha value is -1.48. The average Bonchev–Trinajstić information content (AvgIpc) is 2.85. The lowest BCUT2D eigenvalue weighted by atomic mass is 9.94. The topological polar surface area (TPSA) is 33.5 Å². The van der Waals surface area contributed by atoms with Crippen molar-refractivity contribution < 1.29 is 9.21 Å². The van der Waals surface area contributed by atoms with E-state index in [1.165, 1.54) is 19.3 Å². The van der Waals surface area contributed by atoms with Crippen LogP contribution in [-0.4, -0.2) is 23.9 Å². The molecule has 0 spiro atoms. The number of rotatable bonds is 2. The van der Waals surface area contributed by atoms with Crippen LogP contribution in [0, 0.1) is 6.92 Å². The fraction of sp³-hybridized carbons (Fsp3) is 0.471. The van der Waals surface area contributed by atoms with Gasteiger partial charge < -0.3 is 9.32 Å². The summed E-state index contributed by atoms with van der Waals surface area (Å²) in [6, 6.07) is 5.93. The summed E-state index contributed by atoms with van der Waals surface area (Å²) < 4.78 is 5.78. The molecule has 0 bridgehead atoms. The van der Waals surface area contributed by atoms with Crippen molar-refractivity contribution in [2.75, 3.05) is 7.05 Å². The van der Waals surface area contributed by atoms with E-state index in [4.69, 9.17) is 16.0 Å². The van der Waals surface area contributed by atoms with E-state index in [1.54, 1.807) is 6.07 Å². The van der Waals surface area contributed by atoms with Crippen LogP contribution >= 0.6 is 11.6 Å². The Bertz CT molecular complexity index is 671. The van der Waals surface area contributed by atoms with Gasteiger partial charge in [-0.3, -0.25) is 4.79 Å². The van der Waals surface area contributed by atoms with Gasteiger partial charge in [0, 0.05) is 24.0 Å². The summed E-state index contributed by atoms with van der Waals surface area (Å²) in [7, 11) is 1.88. The van der Waals surface area contributed by atoms with Gasteiger partial charge in [-0.2, -0.15) is 0 Å². The minimum atomic E-state index is -0.0355. The van der Waals surface area contributed by atoms with Crippen molar-refractivity contribution in [2.24, 2.45) is 0 Å². The molecule has 0 aliphatic heterocycles. The zero-order valence-electron chi connectivity index (χ0n) is 12.5. The zero-order valence-corrected chi connectivity index (χ0v) is 13.2. The summed E-state index contributed by atoms with van der Waals surface area (Å²) in [4.78, 5) is 14.6. The normalized spacial score (nSPS) is 16.3. The molecule has 1 aliphatic carbocycles. The molecule has 3 rings (SSSR count). The van der Waals surface area contributed by atoms with Gasteiger partial charge in [0.15, 0.2) is 11.3 Å². The zero-order chi connectivity index (χ0) is 15.0. The predicted octanol–water partition coefficient (Wildman–Crippen LogP) is 4.80. The van der Waals surface area contributed by atoms with Crippen molar-refractivity contribution in [3.05, 3.63) is 34.5 Å². The van der Waals surface area contributed by atoms with Crippen molar-refractivity contribution >= 4 is 28.5 Å². The second-order valence-corrected chi connectivity index (χ2v) is 6.29. The molecule has 0 radical (unpaired) electrons. The van der Waals surface area contributed by atoms with Gasteiger partial charge >= 0.3 is 0 Å². The van der Waals surface area contributed by atoms with Crippen molar-refractivity contribution in [1.82, 2.24) is 4.90 Å². The van der Waals surface area contributed by atoms with E-state index >= 15 is 0 Å².